The number of aromatic nitrogens is 7. The van der Waals surface area contributed by atoms with Gasteiger partial charge in [0.15, 0.2) is 0 Å². The predicted molar refractivity (Wildman–Crippen MR) is 565 cm³/mol. The van der Waals surface area contributed by atoms with Crippen LogP contribution in [-0.4, -0.2) is 45.8 Å². The second-order valence-electron chi connectivity index (χ2n) is 36.3. The van der Waals surface area contributed by atoms with E-state index >= 15 is 0 Å². The van der Waals surface area contributed by atoms with Crippen molar-refractivity contribution in [1.82, 2.24) is 32.4 Å². The molecule has 27 aromatic rings. The van der Waals surface area contributed by atoms with Gasteiger partial charge < -0.3 is 27.4 Å². The van der Waals surface area contributed by atoms with E-state index in [1.165, 1.54) is 142 Å². The number of hydrogen-bond acceptors (Lipinski definition) is 1. The Balaban J connectivity index is 0.630. The van der Waals surface area contributed by atoms with Crippen LogP contribution in [0.15, 0.2) is 467 Å². The molecular weight excluding hydrogens is 1620 g/mol. The molecule has 0 aliphatic carbocycles. The Hall–Kier alpha value is -17.5. The third-order valence-electron chi connectivity index (χ3n) is 29.4. The van der Waals surface area contributed by atoms with Gasteiger partial charge in [0.2, 0.25) is 13.4 Å². The van der Waals surface area contributed by atoms with E-state index in [0.717, 1.165) is 123 Å². The molecule has 29 rings (SSSR count). The van der Waals surface area contributed by atoms with Crippen molar-refractivity contribution in [2.75, 3.05) is 0 Å². The molecular formula is C125H77B2N7. The molecule has 0 bridgehead atoms. The molecule has 2 aliphatic rings. The fourth-order valence-corrected chi connectivity index (χ4v) is 23.6. The zero-order valence-electron chi connectivity index (χ0n) is 72.7. The molecule has 0 saturated heterocycles. The summed E-state index contributed by atoms with van der Waals surface area (Å²) in [5.41, 5.74) is 41.3. The van der Waals surface area contributed by atoms with Crippen molar-refractivity contribution in [3.8, 4) is 101 Å². The molecule has 0 spiro atoms. The summed E-state index contributed by atoms with van der Waals surface area (Å²) in [5.74, 6) is 0. The molecule has 7 nitrogen and oxygen atoms in total. The van der Waals surface area contributed by atoms with E-state index in [-0.39, 0.29) is 13.4 Å². The first-order valence-electron chi connectivity index (χ1n) is 46.4. The van der Waals surface area contributed by atoms with E-state index in [9.17, 15) is 0 Å². The maximum absolute atomic E-state index is 6.24. The highest BCUT2D eigenvalue weighted by Crippen LogP contribution is 2.47. The maximum atomic E-state index is 6.24. The van der Waals surface area contributed by atoms with Crippen molar-refractivity contribution in [2.24, 2.45) is 0 Å². The van der Waals surface area contributed by atoms with Crippen molar-refractivity contribution in [1.29, 1.82) is 0 Å². The van der Waals surface area contributed by atoms with Crippen LogP contribution in [0, 0.1) is 0 Å². The van der Waals surface area contributed by atoms with Gasteiger partial charge in [0.05, 0.1) is 77.6 Å². The van der Waals surface area contributed by atoms with Crippen LogP contribution in [0.5, 0.6) is 0 Å². The molecule has 7 aromatic heterocycles. The van der Waals surface area contributed by atoms with Crippen molar-refractivity contribution < 1.29 is 0 Å². The molecule has 2 aliphatic heterocycles. The lowest BCUT2D eigenvalue weighted by Crippen LogP contribution is -2.48. The largest absolute Gasteiger partial charge is 0.309 e. The quantitative estimate of drug-likeness (QED) is 0.112. The Bertz CT molecular complexity index is 8450. The number of para-hydroxylation sites is 8. The van der Waals surface area contributed by atoms with Crippen molar-refractivity contribution >= 4 is 177 Å². The van der Waals surface area contributed by atoms with Gasteiger partial charge in [-0.25, -0.2) is 4.98 Å². The van der Waals surface area contributed by atoms with Gasteiger partial charge >= 0.3 is 0 Å². The molecule has 20 aromatic carbocycles. The summed E-state index contributed by atoms with van der Waals surface area (Å²) in [6.07, 6.45) is 0. The predicted octanol–water partition coefficient (Wildman–Crippen LogP) is 27.3. The van der Waals surface area contributed by atoms with Crippen LogP contribution in [-0.2, 0) is 0 Å². The summed E-state index contributed by atoms with van der Waals surface area (Å²) in [6.45, 7) is 0.148. The Morgan fingerprint density at radius 3 is 0.597 bits per heavy atom. The third kappa shape index (κ3) is 11.0. The van der Waals surface area contributed by atoms with E-state index in [2.05, 4.69) is 495 Å². The van der Waals surface area contributed by atoms with Crippen molar-refractivity contribution in [3.05, 3.63) is 467 Å². The Kier molecular flexibility index (Phi) is 16.1. The normalized spacial score (nSPS) is 12.4. The van der Waals surface area contributed by atoms with Gasteiger partial charge in [-0.2, -0.15) is 0 Å². The standard InChI is InChI=1S/C125H77B2N7/c1-13-37-108-90(25-1)91-26-2-14-38-109(91)126(108)82-57-49-78(50-58-82)102-77-103(79-53-61-84(62-54-79)129-120-69-65-86(131-112-41-17-5-29-94(112)95-30-6-18-42-113(95)131)73-104(120)105-74-87(66-70-121(105)129)132-114-43-19-7-31-96(114)97-32-8-20-44-115(97)132)124(80-51-59-83(60-52-80)127-110-39-15-3-27-92(110)93-28-4-16-40-111(93)127)128-125(102)81-55-63-85(64-56-81)130-122-71-67-88(133-116-45-21-9-33-98(116)99-34-10-22-46-117(99)133)75-106(122)107-76-89(68-72-123(107)130)134-118-47-23-11-35-100(118)101-36-12-24-48-119(101)134/h1-77H. The van der Waals surface area contributed by atoms with Crippen molar-refractivity contribution in [3.63, 3.8) is 0 Å². The Morgan fingerprint density at radius 2 is 0.336 bits per heavy atom. The number of fused-ring (bicyclic) bond motifs is 24. The highest BCUT2D eigenvalue weighted by molar-refractivity contribution is 6.99. The van der Waals surface area contributed by atoms with Gasteiger partial charge in [-0.05, 0) is 185 Å². The molecule has 134 heavy (non-hydrogen) atoms. The first kappa shape index (κ1) is 74.4. The number of benzene rings is 20. The van der Waals surface area contributed by atoms with Crippen LogP contribution in [0.1, 0.15) is 0 Å². The molecule has 618 valence electrons. The highest BCUT2D eigenvalue weighted by Gasteiger charge is 2.36. The minimum Gasteiger partial charge on any atom is -0.309 e. The lowest BCUT2D eigenvalue weighted by atomic mass is 9.39. The van der Waals surface area contributed by atoms with Crippen LogP contribution < -0.4 is 32.8 Å². The summed E-state index contributed by atoms with van der Waals surface area (Å²) >= 11 is 0. The van der Waals surface area contributed by atoms with Crippen LogP contribution >= 0.6 is 0 Å². The molecule has 9 heteroatoms. The van der Waals surface area contributed by atoms with Gasteiger partial charge in [0.25, 0.3) is 0 Å². The number of rotatable bonds is 12. The van der Waals surface area contributed by atoms with Gasteiger partial charge in [0.1, 0.15) is 0 Å². The lowest BCUT2D eigenvalue weighted by Gasteiger charge is -2.19. The minimum absolute atomic E-state index is 0.0714. The fraction of sp³-hybridized carbons (Fsp3) is 0. The topological polar surface area (TPSA) is 42.5 Å². The summed E-state index contributed by atoms with van der Waals surface area (Å²) in [4.78, 5) is 6.24. The third-order valence-corrected chi connectivity index (χ3v) is 29.4. The van der Waals surface area contributed by atoms with E-state index in [4.69, 9.17) is 4.98 Å². The van der Waals surface area contributed by atoms with Crippen LogP contribution in [0.25, 0.3) is 232 Å². The van der Waals surface area contributed by atoms with Crippen molar-refractivity contribution in [2.45, 2.75) is 0 Å². The highest BCUT2D eigenvalue weighted by atomic mass is 15.0. The summed E-state index contributed by atoms with van der Waals surface area (Å²) in [7, 11) is 0. The average Bonchev–Trinajstić information content (AvgIpc) is 1.52. The SMILES string of the molecule is c1ccc2c(c1)B(c1ccc(-c3cc(-c4ccc(-n5c6ccc(-n7c8ccccc8c8ccccc87)cc6c6cc(-n7c8ccccc8c8ccccc87)ccc65)cc4)c(-c4ccc(B5c6ccccc6-c6ccccc65)cc4)nc3-c3ccc(-n4c5ccc(-n6c7ccccc7c7ccccc76)cc5c5cc(-n6c7ccccc7c7ccccc76)ccc54)cc3)cc1)c1ccccc1-2. The van der Waals surface area contributed by atoms with Gasteiger partial charge in [-0.15, -0.1) is 0 Å². The van der Waals surface area contributed by atoms with E-state index in [1.807, 2.05) is 0 Å². The minimum atomic E-state index is 0.0714. The second-order valence-corrected chi connectivity index (χ2v) is 36.3. The maximum Gasteiger partial charge on any atom is 0.242 e. The van der Waals surface area contributed by atoms with E-state index in [0.29, 0.717) is 0 Å². The van der Waals surface area contributed by atoms with Crippen LogP contribution in [0.3, 0.4) is 0 Å². The zero-order chi connectivity index (χ0) is 87.5. The fourth-order valence-electron chi connectivity index (χ4n) is 23.6. The van der Waals surface area contributed by atoms with Gasteiger partial charge in [-0.1, -0.05) is 348 Å². The summed E-state index contributed by atoms with van der Waals surface area (Å²) in [6, 6.07) is 175. The molecule has 9 heterocycles. The molecule has 0 fully saturated rings. The zero-order valence-corrected chi connectivity index (χ0v) is 72.7. The van der Waals surface area contributed by atoms with Gasteiger partial charge in [-0.3, -0.25) is 0 Å². The number of pyridine rings is 1. The van der Waals surface area contributed by atoms with Crippen LogP contribution in [0.2, 0.25) is 0 Å². The van der Waals surface area contributed by atoms with Crippen LogP contribution in [0.4, 0.5) is 0 Å². The summed E-state index contributed by atoms with van der Waals surface area (Å²) in [5, 5.41) is 14.5. The average molecular weight is 1700 g/mol. The van der Waals surface area contributed by atoms with E-state index in [1.54, 1.807) is 0 Å². The second kappa shape index (κ2) is 29.0. The molecule has 0 atom stereocenters. The first-order chi connectivity index (χ1) is 66.5. The van der Waals surface area contributed by atoms with E-state index < -0.39 is 0 Å². The molecule has 0 saturated carbocycles. The molecule has 0 radical (unpaired) electrons. The van der Waals surface area contributed by atoms with Gasteiger partial charge in [0, 0.05) is 121 Å². The smallest absolute Gasteiger partial charge is 0.242 e. The monoisotopic (exact) mass is 1700 g/mol. The molecule has 0 N–H and O–H groups in total. The number of hydrogen-bond donors (Lipinski definition) is 0. The molecule has 0 unspecified atom stereocenters. The summed E-state index contributed by atoms with van der Waals surface area (Å²) < 4.78 is 14.7. The Morgan fingerprint density at radius 1 is 0.142 bits per heavy atom. The number of nitrogens with zero attached hydrogens (tertiary/aromatic N) is 7. The Labute approximate surface area is 772 Å². The lowest BCUT2D eigenvalue weighted by molar-refractivity contribution is 1.16. The first-order valence-corrected chi connectivity index (χ1v) is 46.4. The molecule has 0 amide bonds.